The van der Waals surface area contributed by atoms with E-state index in [1.807, 2.05) is 7.05 Å². The van der Waals surface area contributed by atoms with Gasteiger partial charge in [-0.15, -0.1) is 0 Å². The van der Waals surface area contributed by atoms with Crippen LogP contribution in [0.4, 0.5) is 0 Å². The quantitative estimate of drug-likeness (QED) is 0.699. The fourth-order valence-corrected chi connectivity index (χ4v) is 2.43. The molecule has 110 valence electrons. The number of aromatic nitrogens is 2. The van der Waals surface area contributed by atoms with Gasteiger partial charge in [0, 0.05) is 23.9 Å². The first-order chi connectivity index (χ1) is 9.19. The van der Waals surface area contributed by atoms with Crippen molar-refractivity contribution in [2.24, 2.45) is 0 Å². The summed E-state index contributed by atoms with van der Waals surface area (Å²) < 4.78 is 7.72. The van der Waals surface area contributed by atoms with Crippen molar-refractivity contribution in [2.75, 3.05) is 20.3 Å². The van der Waals surface area contributed by atoms with Crippen molar-refractivity contribution in [1.29, 1.82) is 0 Å². The van der Waals surface area contributed by atoms with Gasteiger partial charge in [-0.25, -0.2) is 0 Å². The maximum absolute atomic E-state index is 5.58. The first-order valence-corrected chi connectivity index (χ1v) is 7.52. The van der Waals surface area contributed by atoms with E-state index in [1.54, 1.807) is 0 Å². The molecule has 0 aromatic carbocycles. The number of rotatable bonds is 9. The molecule has 1 atom stereocenters. The molecule has 1 rings (SSSR count). The smallest absolute Gasteiger partial charge is 0.0672 e. The Kier molecular flexibility index (Phi) is 7.10. The van der Waals surface area contributed by atoms with Crippen molar-refractivity contribution in [3.05, 3.63) is 17.0 Å². The van der Waals surface area contributed by atoms with Gasteiger partial charge in [-0.3, -0.25) is 4.68 Å². The molecule has 0 aliphatic carbocycles. The molecule has 1 heterocycles. The van der Waals surface area contributed by atoms with Crippen LogP contribution in [0.2, 0.25) is 0 Å². The molecule has 4 heteroatoms. The summed E-state index contributed by atoms with van der Waals surface area (Å²) in [7, 11) is 2.01. The molecule has 1 aromatic rings. The minimum atomic E-state index is 0.357. The third-order valence-corrected chi connectivity index (χ3v) is 3.51. The Hall–Kier alpha value is -0.870. The zero-order valence-electron chi connectivity index (χ0n) is 13.1. The Morgan fingerprint density at radius 1 is 1.21 bits per heavy atom. The number of ether oxygens (including phenoxy) is 1. The predicted molar refractivity (Wildman–Crippen MR) is 79.6 cm³/mol. The van der Waals surface area contributed by atoms with Crippen LogP contribution in [0.25, 0.3) is 0 Å². The standard InChI is InChI=1S/C15H29N3O/c1-6-10-19-11-9-18-14(8-3)15(12(4)16-5)13(7-2)17-18/h12,16H,6-11H2,1-5H3. The van der Waals surface area contributed by atoms with Crippen molar-refractivity contribution in [3.63, 3.8) is 0 Å². The molecular formula is C15H29N3O. The fourth-order valence-electron chi connectivity index (χ4n) is 2.43. The SMILES string of the molecule is CCCOCCn1nc(CC)c(C(C)NC)c1CC. The Morgan fingerprint density at radius 2 is 1.95 bits per heavy atom. The molecule has 0 saturated carbocycles. The molecule has 0 radical (unpaired) electrons. The summed E-state index contributed by atoms with van der Waals surface area (Å²) in [5, 5.41) is 8.10. The molecule has 1 unspecified atom stereocenters. The molecule has 0 bridgehead atoms. The number of aryl methyl sites for hydroxylation is 1. The van der Waals surface area contributed by atoms with Crippen LogP contribution in [0.15, 0.2) is 0 Å². The first-order valence-electron chi connectivity index (χ1n) is 7.52. The summed E-state index contributed by atoms with van der Waals surface area (Å²) in [6.45, 7) is 11.1. The van der Waals surface area contributed by atoms with E-state index in [0.29, 0.717) is 6.04 Å². The molecule has 1 N–H and O–H groups in total. The van der Waals surface area contributed by atoms with E-state index in [9.17, 15) is 0 Å². The van der Waals surface area contributed by atoms with Crippen LogP contribution in [-0.2, 0) is 24.1 Å². The summed E-state index contributed by atoms with van der Waals surface area (Å²) in [6, 6.07) is 0.357. The number of hydrogen-bond acceptors (Lipinski definition) is 3. The lowest BCUT2D eigenvalue weighted by Gasteiger charge is -2.13. The van der Waals surface area contributed by atoms with Crippen LogP contribution in [0.1, 0.15) is 57.1 Å². The van der Waals surface area contributed by atoms with E-state index in [0.717, 1.165) is 39.0 Å². The lowest BCUT2D eigenvalue weighted by Crippen LogP contribution is -2.16. The molecule has 0 saturated heterocycles. The van der Waals surface area contributed by atoms with Crippen LogP contribution in [0.3, 0.4) is 0 Å². The van der Waals surface area contributed by atoms with Crippen molar-refractivity contribution in [2.45, 2.75) is 59.5 Å². The molecule has 1 aromatic heterocycles. The zero-order chi connectivity index (χ0) is 14.3. The van der Waals surface area contributed by atoms with Crippen LogP contribution in [0, 0.1) is 0 Å². The first kappa shape index (κ1) is 16.2. The van der Waals surface area contributed by atoms with E-state index < -0.39 is 0 Å². The van der Waals surface area contributed by atoms with Gasteiger partial charge >= 0.3 is 0 Å². The van der Waals surface area contributed by atoms with Crippen LogP contribution < -0.4 is 5.32 Å². The van der Waals surface area contributed by atoms with Gasteiger partial charge in [-0.2, -0.15) is 5.10 Å². The highest BCUT2D eigenvalue weighted by Crippen LogP contribution is 2.23. The number of nitrogens with zero attached hydrogens (tertiary/aromatic N) is 2. The maximum Gasteiger partial charge on any atom is 0.0672 e. The van der Waals surface area contributed by atoms with E-state index >= 15 is 0 Å². The average Bonchev–Trinajstić information content (AvgIpc) is 2.80. The molecule has 0 spiro atoms. The topological polar surface area (TPSA) is 39.1 Å². The minimum absolute atomic E-state index is 0.357. The van der Waals surface area contributed by atoms with E-state index in [-0.39, 0.29) is 0 Å². The second-order valence-corrected chi connectivity index (χ2v) is 4.86. The van der Waals surface area contributed by atoms with Crippen molar-refractivity contribution in [3.8, 4) is 0 Å². The van der Waals surface area contributed by atoms with Crippen LogP contribution in [-0.4, -0.2) is 30.0 Å². The monoisotopic (exact) mass is 267 g/mol. The van der Waals surface area contributed by atoms with Crippen molar-refractivity contribution < 1.29 is 4.74 Å². The Labute approximate surface area is 117 Å². The van der Waals surface area contributed by atoms with Gasteiger partial charge in [0.15, 0.2) is 0 Å². The maximum atomic E-state index is 5.58. The highest BCUT2D eigenvalue weighted by atomic mass is 16.5. The second-order valence-electron chi connectivity index (χ2n) is 4.86. The Balaban J connectivity index is 2.88. The third kappa shape index (κ3) is 4.05. The van der Waals surface area contributed by atoms with Crippen molar-refractivity contribution in [1.82, 2.24) is 15.1 Å². The highest BCUT2D eigenvalue weighted by Gasteiger charge is 2.19. The van der Waals surface area contributed by atoms with E-state index in [4.69, 9.17) is 9.84 Å². The average molecular weight is 267 g/mol. The largest absolute Gasteiger partial charge is 0.380 e. The Morgan fingerprint density at radius 3 is 2.47 bits per heavy atom. The lowest BCUT2D eigenvalue weighted by molar-refractivity contribution is 0.123. The number of hydrogen-bond donors (Lipinski definition) is 1. The fraction of sp³-hybridized carbons (Fsp3) is 0.800. The summed E-state index contributed by atoms with van der Waals surface area (Å²) in [5.74, 6) is 0. The molecule has 0 aliphatic rings. The minimum Gasteiger partial charge on any atom is -0.380 e. The van der Waals surface area contributed by atoms with Gasteiger partial charge in [-0.05, 0) is 33.2 Å². The number of nitrogens with one attached hydrogen (secondary N) is 1. The molecule has 0 aliphatic heterocycles. The van der Waals surface area contributed by atoms with Gasteiger partial charge in [0.2, 0.25) is 0 Å². The van der Waals surface area contributed by atoms with Gasteiger partial charge in [0.25, 0.3) is 0 Å². The summed E-state index contributed by atoms with van der Waals surface area (Å²) in [6.07, 6.45) is 3.07. The molecule has 4 nitrogen and oxygen atoms in total. The second kappa shape index (κ2) is 8.33. The van der Waals surface area contributed by atoms with Gasteiger partial charge in [0.05, 0.1) is 18.8 Å². The van der Waals surface area contributed by atoms with Gasteiger partial charge in [-0.1, -0.05) is 20.8 Å². The third-order valence-electron chi connectivity index (χ3n) is 3.51. The highest BCUT2D eigenvalue weighted by molar-refractivity contribution is 5.30. The summed E-state index contributed by atoms with van der Waals surface area (Å²) in [4.78, 5) is 0. The molecule has 0 fully saturated rings. The van der Waals surface area contributed by atoms with E-state index in [2.05, 4.69) is 37.7 Å². The van der Waals surface area contributed by atoms with Crippen molar-refractivity contribution >= 4 is 0 Å². The zero-order valence-corrected chi connectivity index (χ0v) is 13.1. The van der Waals surface area contributed by atoms with Crippen LogP contribution in [0.5, 0.6) is 0 Å². The summed E-state index contributed by atoms with van der Waals surface area (Å²) in [5.41, 5.74) is 3.94. The van der Waals surface area contributed by atoms with E-state index in [1.165, 1.54) is 17.0 Å². The molecule has 19 heavy (non-hydrogen) atoms. The molecular weight excluding hydrogens is 238 g/mol. The molecule has 0 amide bonds. The normalized spacial score (nSPS) is 12.9. The van der Waals surface area contributed by atoms with Gasteiger partial charge in [0.1, 0.15) is 0 Å². The summed E-state index contributed by atoms with van der Waals surface area (Å²) >= 11 is 0. The van der Waals surface area contributed by atoms with Crippen LogP contribution >= 0.6 is 0 Å². The predicted octanol–water partition coefficient (Wildman–Crippen LogP) is 2.71. The Bertz CT molecular complexity index is 374. The lowest BCUT2D eigenvalue weighted by atomic mass is 10.0. The van der Waals surface area contributed by atoms with Gasteiger partial charge < -0.3 is 10.1 Å².